The molecule has 2 rings (SSSR count). The topological polar surface area (TPSA) is 41.6 Å². The summed E-state index contributed by atoms with van der Waals surface area (Å²) >= 11 is 0. The summed E-state index contributed by atoms with van der Waals surface area (Å²) in [4.78, 5) is 14.6. The number of likely N-dealkylation sites (tertiary alicyclic amines) is 1. The van der Waals surface area contributed by atoms with Crippen LogP contribution < -0.4 is 10.1 Å². The molecule has 1 aliphatic heterocycles. The molecule has 4 heteroatoms. The Morgan fingerprint density at radius 2 is 2.13 bits per heavy atom. The molecule has 1 aliphatic rings. The molecule has 0 bridgehead atoms. The number of piperidine rings is 1. The van der Waals surface area contributed by atoms with E-state index in [1.54, 1.807) is 7.11 Å². The van der Waals surface area contributed by atoms with Crippen LogP contribution in [-0.4, -0.2) is 44.6 Å². The van der Waals surface area contributed by atoms with Crippen molar-refractivity contribution in [2.24, 2.45) is 5.92 Å². The van der Waals surface area contributed by atoms with Gasteiger partial charge in [0, 0.05) is 19.5 Å². The Balaban J connectivity index is 1.82. The molecule has 1 aromatic carbocycles. The van der Waals surface area contributed by atoms with E-state index in [1.165, 1.54) is 12.0 Å². The van der Waals surface area contributed by atoms with Gasteiger partial charge in [-0.2, -0.15) is 0 Å². The molecule has 1 amide bonds. The average molecular weight is 318 g/mol. The second-order valence-corrected chi connectivity index (χ2v) is 6.60. The van der Waals surface area contributed by atoms with Gasteiger partial charge in [-0.1, -0.05) is 19.1 Å². The molecule has 0 aliphatic carbocycles. The molecule has 1 unspecified atom stereocenters. The van der Waals surface area contributed by atoms with Crippen molar-refractivity contribution in [2.75, 3.05) is 33.8 Å². The molecule has 0 radical (unpaired) electrons. The first-order chi connectivity index (χ1) is 11.1. The number of benzene rings is 1. The Kier molecular flexibility index (Phi) is 6.90. The number of ether oxygens (including phenoxy) is 1. The van der Waals surface area contributed by atoms with Crippen molar-refractivity contribution in [2.45, 2.75) is 38.5 Å². The van der Waals surface area contributed by atoms with Crippen LogP contribution in [0.25, 0.3) is 0 Å². The lowest BCUT2D eigenvalue weighted by molar-refractivity contribution is -0.132. The van der Waals surface area contributed by atoms with E-state index in [0.29, 0.717) is 6.42 Å². The van der Waals surface area contributed by atoms with Gasteiger partial charge in [0.15, 0.2) is 0 Å². The van der Waals surface area contributed by atoms with Crippen molar-refractivity contribution in [1.82, 2.24) is 10.2 Å². The van der Waals surface area contributed by atoms with Crippen molar-refractivity contribution < 1.29 is 9.53 Å². The number of hydrogen-bond donors (Lipinski definition) is 1. The maximum absolute atomic E-state index is 12.5. The molecule has 23 heavy (non-hydrogen) atoms. The Bertz CT molecular complexity index is 496. The predicted molar refractivity (Wildman–Crippen MR) is 93.9 cm³/mol. The highest BCUT2D eigenvalue weighted by atomic mass is 16.5. The van der Waals surface area contributed by atoms with Crippen molar-refractivity contribution in [3.05, 3.63) is 29.8 Å². The van der Waals surface area contributed by atoms with Gasteiger partial charge >= 0.3 is 0 Å². The van der Waals surface area contributed by atoms with Gasteiger partial charge in [-0.3, -0.25) is 4.79 Å². The average Bonchev–Trinajstić information content (AvgIpc) is 2.60. The van der Waals surface area contributed by atoms with Gasteiger partial charge in [0.1, 0.15) is 5.75 Å². The second-order valence-electron chi connectivity index (χ2n) is 6.60. The van der Waals surface area contributed by atoms with Crippen LogP contribution in [0.15, 0.2) is 24.3 Å². The zero-order valence-corrected chi connectivity index (χ0v) is 14.7. The first-order valence-corrected chi connectivity index (χ1v) is 8.70. The van der Waals surface area contributed by atoms with Crippen LogP contribution >= 0.6 is 0 Å². The SMILES string of the molecule is CNCCC1CCN(C(=O)CC(C)c2cccc(OC)c2)CC1. The van der Waals surface area contributed by atoms with Crippen LogP contribution in [-0.2, 0) is 4.79 Å². The monoisotopic (exact) mass is 318 g/mol. The maximum Gasteiger partial charge on any atom is 0.223 e. The van der Waals surface area contributed by atoms with Crippen molar-refractivity contribution in [1.29, 1.82) is 0 Å². The third kappa shape index (κ3) is 5.24. The van der Waals surface area contributed by atoms with Crippen LogP contribution in [0, 0.1) is 5.92 Å². The smallest absolute Gasteiger partial charge is 0.223 e. The molecule has 1 heterocycles. The Labute approximate surface area is 140 Å². The highest BCUT2D eigenvalue weighted by molar-refractivity contribution is 5.77. The van der Waals surface area contributed by atoms with Gasteiger partial charge < -0.3 is 15.0 Å². The zero-order chi connectivity index (χ0) is 16.7. The summed E-state index contributed by atoms with van der Waals surface area (Å²) in [5.74, 6) is 2.13. The fourth-order valence-electron chi connectivity index (χ4n) is 3.28. The first-order valence-electron chi connectivity index (χ1n) is 8.70. The summed E-state index contributed by atoms with van der Waals surface area (Å²) in [6, 6.07) is 8.03. The highest BCUT2D eigenvalue weighted by Crippen LogP contribution is 2.26. The first kappa shape index (κ1) is 17.8. The van der Waals surface area contributed by atoms with Crippen LogP contribution in [0.4, 0.5) is 0 Å². The molecule has 1 N–H and O–H groups in total. The quantitative estimate of drug-likeness (QED) is 0.840. The predicted octanol–water partition coefficient (Wildman–Crippen LogP) is 3.04. The van der Waals surface area contributed by atoms with Crippen LogP contribution in [0.1, 0.15) is 44.1 Å². The lowest BCUT2D eigenvalue weighted by atomic mass is 9.92. The maximum atomic E-state index is 12.5. The molecule has 0 spiro atoms. The normalized spacial score (nSPS) is 17.1. The van der Waals surface area contributed by atoms with E-state index >= 15 is 0 Å². The van der Waals surface area contributed by atoms with Gasteiger partial charge in [-0.15, -0.1) is 0 Å². The number of hydrogen-bond acceptors (Lipinski definition) is 3. The third-order valence-corrected chi connectivity index (χ3v) is 4.91. The van der Waals surface area contributed by atoms with E-state index in [4.69, 9.17) is 4.74 Å². The summed E-state index contributed by atoms with van der Waals surface area (Å²) in [5.41, 5.74) is 1.17. The van der Waals surface area contributed by atoms with E-state index in [9.17, 15) is 4.79 Å². The van der Waals surface area contributed by atoms with E-state index in [1.807, 2.05) is 30.1 Å². The molecule has 0 saturated carbocycles. The molecule has 4 nitrogen and oxygen atoms in total. The lowest BCUT2D eigenvalue weighted by Gasteiger charge is -2.32. The number of methoxy groups -OCH3 is 1. The van der Waals surface area contributed by atoms with E-state index in [-0.39, 0.29) is 11.8 Å². The minimum atomic E-state index is 0.222. The molecule has 128 valence electrons. The number of rotatable bonds is 7. The second kappa shape index (κ2) is 8.92. The number of nitrogens with zero attached hydrogens (tertiary/aromatic N) is 1. The molecular formula is C19H30N2O2. The van der Waals surface area contributed by atoms with Crippen molar-refractivity contribution in [3.8, 4) is 5.75 Å². The van der Waals surface area contributed by atoms with Crippen LogP contribution in [0.2, 0.25) is 0 Å². The van der Waals surface area contributed by atoms with Gasteiger partial charge in [0.25, 0.3) is 0 Å². The van der Waals surface area contributed by atoms with Gasteiger partial charge in [-0.05, 0) is 62.4 Å². The molecular weight excluding hydrogens is 288 g/mol. The molecule has 1 aromatic rings. The summed E-state index contributed by atoms with van der Waals surface area (Å²) in [7, 11) is 3.67. The lowest BCUT2D eigenvalue weighted by Crippen LogP contribution is -2.39. The number of carbonyl (C=O) groups is 1. The fourth-order valence-corrected chi connectivity index (χ4v) is 3.28. The standard InChI is InChI=1S/C19H30N2O2/c1-15(17-5-4-6-18(14-17)23-3)13-19(22)21-11-8-16(9-12-21)7-10-20-2/h4-6,14-16,20H,7-13H2,1-3H3. The number of amides is 1. The Morgan fingerprint density at radius 1 is 1.39 bits per heavy atom. The van der Waals surface area contributed by atoms with E-state index in [2.05, 4.69) is 18.3 Å². The van der Waals surface area contributed by atoms with E-state index in [0.717, 1.165) is 44.1 Å². The van der Waals surface area contributed by atoms with Crippen molar-refractivity contribution in [3.63, 3.8) is 0 Å². The Morgan fingerprint density at radius 3 is 2.78 bits per heavy atom. The van der Waals surface area contributed by atoms with Crippen LogP contribution in [0.3, 0.4) is 0 Å². The van der Waals surface area contributed by atoms with E-state index < -0.39 is 0 Å². The van der Waals surface area contributed by atoms with Crippen LogP contribution in [0.5, 0.6) is 5.75 Å². The largest absolute Gasteiger partial charge is 0.497 e. The molecule has 1 atom stereocenters. The number of nitrogens with one attached hydrogen (secondary N) is 1. The zero-order valence-electron chi connectivity index (χ0n) is 14.7. The third-order valence-electron chi connectivity index (χ3n) is 4.91. The minimum Gasteiger partial charge on any atom is -0.497 e. The highest BCUT2D eigenvalue weighted by Gasteiger charge is 2.23. The molecule has 1 saturated heterocycles. The Hall–Kier alpha value is -1.55. The summed E-state index contributed by atoms with van der Waals surface area (Å²) in [6.07, 6.45) is 4.08. The number of carbonyl (C=O) groups excluding carboxylic acids is 1. The molecule has 0 aromatic heterocycles. The van der Waals surface area contributed by atoms with Gasteiger partial charge in [0.05, 0.1) is 7.11 Å². The van der Waals surface area contributed by atoms with Crippen molar-refractivity contribution >= 4 is 5.91 Å². The summed E-state index contributed by atoms with van der Waals surface area (Å²) < 4.78 is 5.27. The van der Waals surface area contributed by atoms with Gasteiger partial charge in [0.2, 0.25) is 5.91 Å². The summed E-state index contributed by atoms with van der Waals surface area (Å²) in [5, 5.41) is 3.21. The minimum absolute atomic E-state index is 0.222. The van der Waals surface area contributed by atoms with Gasteiger partial charge in [-0.25, -0.2) is 0 Å². The summed E-state index contributed by atoms with van der Waals surface area (Å²) in [6.45, 7) is 5.02. The fraction of sp³-hybridized carbons (Fsp3) is 0.632. The molecule has 1 fully saturated rings.